The number of carbonyl (C=O) groups excluding carboxylic acids is 2. The number of nitrogens with zero attached hydrogens (tertiary/aromatic N) is 3. The Morgan fingerprint density at radius 2 is 1.89 bits per heavy atom. The molecule has 0 spiro atoms. The van der Waals surface area contributed by atoms with Crippen LogP contribution >= 0.6 is 0 Å². The highest BCUT2D eigenvalue weighted by Crippen LogP contribution is 2.22. The number of nitrogens with one attached hydrogen (secondary N) is 1. The van der Waals surface area contributed by atoms with Crippen LogP contribution in [0.5, 0.6) is 0 Å². The van der Waals surface area contributed by atoms with Gasteiger partial charge in [0.05, 0.1) is 6.04 Å². The van der Waals surface area contributed by atoms with Crippen LogP contribution < -0.4 is 5.32 Å². The lowest BCUT2D eigenvalue weighted by Gasteiger charge is -2.31. The number of piperidine rings is 1. The molecule has 1 unspecified atom stereocenters. The second-order valence-electron chi connectivity index (χ2n) is 7.20. The van der Waals surface area contributed by atoms with Gasteiger partial charge in [-0.1, -0.05) is 30.3 Å². The molecule has 27 heavy (non-hydrogen) atoms. The molecule has 1 saturated heterocycles. The van der Waals surface area contributed by atoms with Crippen molar-refractivity contribution in [2.24, 2.45) is 5.92 Å². The summed E-state index contributed by atoms with van der Waals surface area (Å²) in [7, 11) is 0. The molecule has 0 aliphatic carbocycles. The number of rotatable bonds is 6. The Morgan fingerprint density at radius 3 is 2.52 bits per heavy atom. The lowest BCUT2D eigenvalue weighted by atomic mass is 9.93. The van der Waals surface area contributed by atoms with E-state index in [0.717, 1.165) is 24.9 Å². The standard InChI is InChI=1S/C21H28N4O2/c1-3-25-14-11-19(23-25)21(27)24-12-9-17(10-13-24)15-20(26)22-16(2)18-7-5-4-6-8-18/h4-8,11,14,16-17H,3,9-10,12-13,15H2,1-2H3,(H,22,26). The van der Waals surface area contributed by atoms with Crippen molar-refractivity contribution in [3.63, 3.8) is 0 Å². The number of aromatic nitrogens is 2. The summed E-state index contributed by atoms with van der Waals surface area (Å²) in [6, 6.07) is 11.8. The molecule has 1 N–H and O–H groups in total. The molecule has 1 fully saturated rings. The van der Waals surface area contributed by atoms with Crippen LogP contribution in [-0.2, 0) is 11.3 Å². The van der Waals surface area contributed by atoms with Crippen molar-refractivity contribution in [3.8, 4) is 0 Å². The van der Waals surface area contributed by atoms with Gasteiger partial charge in [-0.25, -0.2) is 0 Å². The molecule has 0 bridgehead atoms. The number of hydrogen-bond donors (Lipinski definition) is 1. The third kappa shape index (κ3) is 4.96. The van der Waals surface area contributed by atoms with Crippen LogP contribution in [-0.4, -0.2) is 39.6 Å². The van der Waals surface area contributed by atoms with Crippen molar-refractivity contribution >= 4 is 11.8 Å². The minimum atomic E-state index is -0.0113. The molecular weight excluding hydrogens is 340 g/mol. The van der Waals surface area contributed by atoms with Crippen molar-refractivity contribution in [1.82, 2.24) is 20.0 Å². The number of aryl methyl sites for hydroxylation is 1. The number of hydrogen-bond acceptors (Lipinski definition) is 3. The summed E-state index contributed by atoms with van der Waals surface area (Å²) in [5.74, 6) is 0.394. The Balaban J connectivity index is 1.45. The maximum atomic E-state index is 12.5. The van der Waals surface area contributed by atoms with Crippen LogP contribution in [0.4, 0.5) is 0 Å². The monoisotopic (exact) mass is 368 g/mol. The first-order valence-corrected chi connectivity index (χ1v) is 9.74. The van der Waals surface area contributed by atoms with Gasteiger partial charge >= 0.3 is 0 Å². The fourth-order valence-corrected chi connectivity index (χ4v) is 3.54. The molecule has 2 amide bonds. The molecule has 6 nitrogen and oxygen atoms in total. The topological polar surface area (TPSA) is 67.2 Å². The van der Waals surface area contributed by atoms with Crippen LogP contribution in [0, 0.1) is 5.92 Å². The van der Waals surface area contributed by atoms with E-state index in [1.54, 1.807) is 10.7 Å². The van der Waals surface area contributed by atoms with Crippen LogP contribution in [0.1, 0.15) is 55.2 Å². The summed E-state index contributed by atoms with van der Waals surface area (Å²) < 4.78 is 1.76. The zero-order valence-electron chi connectivity index (χ0n) is 16.1. The van der Waals surface area contributed by atoms with Gasteiger partial charge in [-0.15, -0.1) is 0 Å². The summed E-state index contributed by atoms with van der Waals surface area (Å²) in [5.41, 5.74) is 1.61. The highest BCUT2D eigenvalue weighted by atomic mass is 16.2. The molecule has 2 heterocycles. The SMILES string of the molecule is CCn1ccc(C(=O)N2CCC(CC(=O)NC(C)c3ccccc3)CC2)n1. The molecule has 1 aliphatic heterocycles. The lowest BCUT2D eigenvalue weighted by molar-refractivity contribution is -0.122. The minimum absolute atomic E-state index is 0.00837. The molecule has 1 atom stereocenters. The Bertz CT molecular complexity index is 763. The molecule has 2 aromatic rings. The van der Waals surface area contributed by atoms with Gasteiger partial charge in [-0.05, 0) is 44.2 Å². The summed E-state index contributed by atoms with van der Waals surface area (Å²) in [4.78, 5) is 26.7. The van der Waals surface area contributed by atoms with E-state index >= 15 is 0 Å². The number of amides is 2. The molecular formula is C21H28N4O2. The van der Waals surface area contributed by atoms with Crippen LogP contribution in [0.25, 0.3) is 0 Å². The van der Waals surface area contributed by atoms with Crippen LogP contribution in [0.15, 0.2) is 42.6 Å². The van der Waals surface area contributed by atoms with Gasteiger partial charge in [0.2, 0.25) is 5.91 Å². The second kappa shape index (κ2) is 8.84. The zero-order chi connectivity index (χ0) is 19.2. The molecule has 1 aromatic heterocycles. The predicted molar refractivity (Wildman–Crippen MR) is 104 cm³/mol. The highest BCUT2D eigenvalue weighted by molar-refractivity contribution is 5.92. The van der Waals surface area contributed by atoms with E-state index in [9.17, 15) is 9.59 Å². The largest absolute Gasteiger partial charge is 0.350 e. The smallest absolute Gasteiger partial charge is 0.274 e. The van der Waals surface area contributed by atoms with E-state index in [-0.39, 0.29) is 17.9 Å². The van der Waals surface area contributed by atoms with E-state index in [4.69, 9.17) is 0 Å². The van der Waals surface area contributed by atoms with Crippen molar-refractivity contribution in [2.45, 2.75) is 45.7 Å². The molecule has 1 aliphatic rings. The minimum Gasteiger partial charge on any atom is -0.350 e. The van der Waals surface area contributed by atoms with Crippen molar-refractivity contribution < 1.29 is 9.59 Å². The maximum absolute atomic E-state index is 12.5. The average Bonchev–Trinajstić information content (AvgIpc) is 3.18. The van der Waals surface area contributed by atoms with Gasteiger partial charge in [-0.3, -0.25) is 14.3 Å². The van der Waals surface area contributed by atoms with Crippen LogP contribution in [0.3, 0.4) is 0 Å². The number of benzene rings is 1. The Labute approximate surface area is 160 Å². The van der Waals surface area contributed by atoms with Crippen molar-refractivity contribution in [2.75, 3.05) is 13.1 Å². The van der Waals surface area contributed by atoms with E-state index in [1.165, 1.54) is 0 Å². The molecule has 0 radical (unpaired) electrons. The van der Waals surface area contributed by atoms with Crippen LogP contribution in [0.2, 0.25) is 0 Å². The lowest BCUT2D eigenvalue weighted by Crippen LogP contribution is -2.40. The molecule has 6 heteroatoms. The number of carbonyl (C=O) groups is 2. The van der Waals surface area contributed by atoms with Gasteiger partial charge in [0, 0.05) is 32.3 Å². The van der Waals surface area contributed by atoms with E-state index in [2.05, 4.69) is 10.4 Å². The summed E-state index contributed by atoms with van der Waals surface area (Å²) in [6.07, 6.45) is 4.06. The van der Waals surface area contributed by atoms with Gasteiger partial charge in [-0.2, -0.15) is 5.10 Å². The van der Waals surface area contributed by atoms with Gasteiger partial charge in [0.1, 0.15) is 5.69 Å². The third-order valence-electron chi connectivity index (χ3n) is 5.24. The first-order valence-electron chi connectivity index (χ1n) is 9.74. The van der Waals surface area contributed by atoms with E-state index in [1.807, 2.05) is 55.3 Å². The normalized spacial score (nSPS) is 16.1. The highest BCUT2D eigenvalue weighted by Gasteiger charge is 2.26. The van der Waals surface area contributed by atoms with E-state index in [0.29, 0.717) is 31.1 Å². The molecule has 3 rings (SSSR count). The van der Waals surface area contributed by atoms with Crippen molar-refractivity contribution in [3.05, 3.63) is 53.9 Å². The molecule has 1 aromatic carbocycles. The summed E-state index contributed by atoms with van der Waals surface area (Å²) in [5, 5.41) is 7.37. The number of likely N-dealkylation sites (tertiary alicyclic amines) is 1. The quantitative estimate of drug-likeness (QED) is 0.852. The Kier molecular flexibility index (Phi) is 6.27. The second-order valence-corrected chi connectivity index (χ2v) is 7.20. The summed E-state index contributed by atoms with van der Waals surface area (Å²) >= 11 is 0. The fraction of sp³-hybridized carbons (Fsp3) is 0.476. The van der Waals surface area contributed by atoms with Gasteiger partial charge in [0.15, 0.2) is 0 Å². The first-order chi connectivity index (χ1) is 13.1. The van der Waals surface area contributed by atoms with Gasteiger partial charge in [0.25, 0.3) is 5.91 Å². The summed E-state index contributed by atoms with van der Waals surface area (Å²) in [6.45, 7) is 6.13. The third-order valence-corrected chi connectivity index (χ3v) is 5.24. The maximum Gasteiger partial charge on any atom is 0.274 e. The van der Waals surface area contributed by atoms with Crippen molar-refractivity contribution in [1.29, 1.82) is 0 Å². The first kappa shape index (κ1) is 19.1. The fourth-order valence-electron chi connectivity index (χ4n) is 3.54. The molecule has 144 valence electrons. The average molecular weight is 368 g/mol. The Morgan fingerprint density at radius 1 is 1.19 bits per heavy atom. The van der Waals surface area contributed by atoms with Gasteiger partial charge < -0.3 is 10.2 Å². The Hall–Kier alpha value is -2.63. The van der Waals surface area contributed by atoms with E-state index < -0.39 is 0 Å². The zero-order valence-corrected chi connectivity index (χ0v) is 16.1. The molecule has 0 saturated carbocycles. The predicted octanol–water partition coefficient (Wildman–Crippen LogP) is 3.02.